The highest BCUT2D eigenvalue weighted by Crippen LogP contribution is 2.65. The average molecular weight is 249 g/mol. The van der Waals surface area contributed by atoms with Crippen molar-refractivity contribution in [3.05, 3.63) is 12.3 Å². The van der Waals surface area contributed by atoms with Crippen molar-refractivity contribution in [1.82, 2.24) is 0 Å². The monoisotopic (exact) mass is 249 g/mol. The van der Waals surface area contributed by atoms with Crippen LogP contribution in [0.3, 0.4) is 0 Å². The minimum absolute atomic E-state index is 0.290. The first-order valence-corrected chi connectivity index (χ1v) is 5.76. The zero-order valence-electron chi connectivity index (χ0n) is 10.7. The Bertz CT molecular complexity index is 502. The molecule has 2 fully saturated rings. The molecule has 2 rings (SSSR count). The molecule has 0 unspecified atom stereocenters. The van der Waals surface area contributed by atoms with Crippen molar-refractivity contribution in [2.75, 3.05) is 0 Å². The molecule has 2 atom stereocenters. The molecule has 0 amide bonds. The van der Waals surface area contributed by atoms with Crippen molar-refractivity contribution in [3.63, 3.8) is 0 Å². The van der Waals surface area contributed by atoms with Gasteiger partial charge in [0, 0.05) is 5.41 Å². The Balaban J connectivity index is 2.39. The smallest absolute Gasteiger partial charge is 0.357 e. The van der Waals surface area contributed by atoms with E-state index in [1.54, 1.807) is 13.0 Å². The van der Waals surface area contributed by atoms with Crippen molar-refractivity contribution in [2.24, 2.45) is 10.8 Å². The summed E-state index contributed by atoms with van der Waals surface area (Å²) >= 11 is 0. The second kappa shape index (κ2) is 3.35. The van der Waals surface area contributed by atoms with Gasteiger partial charge in [-0.3, -0.25) is 4.79 Å². The number of hydrogen-bond donors (Lipinski definition) is 0. The van der Waals surface area contributed by atoms with Crippen LogP contribution in [0.15, 0.2) is 12.3 Å². The maximum atomic E-state index is 12.2. The van der Waals surface area contributed by atoms with Crippen LogP contribution in [0.5, 0.6) is 0 Å². The molecule has 0 aromatic rings. The van der Waals surface area contributed by atoms with Gasteiger partial charge in [-0.2, -0.15) is 5.26 Å². The van der Waals surface area contributed by atoms with Crippen molar-refractivity contribution >= 4 is 11.9 Å². The Morgan fingerprint density at radius 2 is 2.06 bits per heavy atom. The molecule has 0 N–H and O–H groups in total. The number of carbonyl (C=O) groups is 2. The second-order valence-electron chi connectivity index (χ2n) is 5.60. The number of hydrogen-bond acceptors (Lipinski definition) is 5. The standard InChI is InChI=1S/C13H15NO4/c1-8(7-14)17-10(16)13-6-5-12(4,9(15)18-13)11(13,2)3/h1,5-6H2,2-4H3/t12-,13+/m1/s1. The first-order valence-electron chi connectivity index (χ1n) is 5.76. The second-order valence-corrected chi connectivity index (χ2v) is 5.60. The van der Waals surface area contributed by atoms with Crippen LogP contribution in [0.4, 0.5) is 0 Å². The Morgan fingerprint density at radius 3 is 2.44 bits per heavy atom. The predicted molar refractivity (Wildman–Crippen MR) is 60.8 cm³/mol. The van der Waals surface area contributed by atoms with E-state index < -0.39 is 22.4 Å². The summed E-state index contributed by atoms with van der Waals surface area (Å²) in [5.41, 5.74) is -2.64. The van der Waals surface area contributed by atoms with E-state index in [0.717, 1.165) is 0 Å². The summed E-state index contributed by atoms with van der Waals surface area (Å²) in [7, 11) is 0. The summed E-state index contributed by atoms with van der Waals surface area (Å²) in [6.07, 6.45) is 0.993. The Kier molecular flexibility index (Phi) is 2.35. The molecular formula is C13H15NO4. The molecule has 1 saturated heterocycles. The van der Waals surface area contributed by atoms with Gasteiger partial charge < -0.3 is 9.47 Å². The zero-order chi connectivity index (χ0) is 13.8. The van der Waals surface area contributed by atoms with E-state index in [1.807, 2.05) is 13.8 Å². The third-order valence-electron chi connectivity index (χ3n) is 4.75. The molecule has 2 bridgehead atoms. The quantitative estimate of drug-likeness (QED) is 0.423. The van der Waals surface area contributed by atoms with Gasteiger partial charge in [-0.05, 0) is 26.3 Å². The lowest BCUT2D eigenvalue weighted by atomic mass is 9.66. The van der Waals surface area contributed by atoms with Gasteiger partial charge in [0.05, 0.1) is 5.41 Å². The highest BCUT2D eigenvalue weighted by molar-refractivity contribution is 5.94. The number of carbonyl (C=O) groups excluding carboxylic acids is 2. The van der Waals surface area contributed by atoms with Gasteiger partial charge in [-0.15, -0.1) is 0 Å². The van der Waals surface area contributed by atoms with Gasteiger partial charge in [0.2, 0.25) is 5.60 Å². The molecular weight excluding hydrogens is 234 g/mol. The van der Waals surface area contributed by atoms with Crippen molar-refractivity contribution in [3.8, 4) is 6.07 Å². The molecule has 0 aromatic heterocycles. The largest absolute Gasteiger partial charge is 0.446 e. The number of fused-ring (bicyclic) bond motifs is 2. The van der Waals surface area contributed by atoms with E-state index in [4.69, 9.17) is 14.7 Å². The van der Waals surface area contributed by atoms with Gasteiger partial charge in [-0.1, -0.05) is 13.8 Å². The van der Waals surface area contributed by atoms with Crippen LogP contribution in [0.2, 0.25) is 0 Å². The number of esters is 2. The van der Waals surface area contributed by atoms with Gasteiger partial charge >= 0.3 is 11.9 Å². The predicted octanol–water partition coefficient (Wildman–Crippen LogP) is 1.69. The summed E-state index contributed by atoms with van der Waals surface area (Å²) in [5, 5.41) is 8.59. The van der Waals surface area contributed by atoms with Crippen LogP contribution in [-0.4, -0.2) is 17.5 Å². The van der Waals surface area contributed by atoms with Crippen LogP contribution in [0.1, 0.15) is 33.6 Å². The van der Waals surface area contributed by atoms with E-state index in [1.165, 1.54) is 0 Å². The number of allylic oxidation sites excluding steroid dienone is 1. The van der Waals surface area contributed by atoms with Crippen molar-refractivity contribution in [1.29, 1.82) is 5.26 Å². The lowest BCUT2D eigenvalue weighted by molar-refractivity contribution is -0.179. The minimum Gasteiger partial charge on any atom is -0.446 e. The van der Waals surface area contributed by atoms with E-state index in [-0.39, 0.29) is 11.7 Å². The third kappa shape index (κ3) is 1.15. The van der Waals surface area contributed by atoms with E-state index in [9.17, 15) is 9.59 Å². The zero-order valence-corrected chi connectivity index (χ0v) is 10.7. The number of nitrogens with zero attached hydrogens (tertiary/aromatic N) is 1. The number of ether oxygens (including phenoxy) is 2. The molecule has 2 aliphatic rings. The highest BCUT2D eigenvalue weighted by atomic mass is 16.6. The third-order valence-corrected chi connectivity index (χ3v) is 4.75. The summed E-state index contributed by atoms with van der Waals surface area (Å²) in [5.74, 6) is -1.37. The maximum absolute atomic E-state index is 12.2. The van der Waals surface area contributed by atoms with Gasteiger partial charge in [-0.25, -0.2) is 4.79 Å². The molecule has 18 heavy (non-hydrogen) atoms. The van der Waals surface area contributed by atoms with Crippen LogP contribution >= 0.6 is 0 Å². The fourth-order valence-electron chi connectivity index (χ4n) is 2.92. The summed E-state index contributed by atoms with van der Waals surface area (Å²) in [6.45, 7) is 8.75. The molecule has 1 saturated carbocycles. The molecule has 96 valence electrons. The topological polar surface area (TPSA) is 76.4 Å². The molecule has 0 radical (unpaired) electrons. The first kappa shape index (κ1) is 12.6. The molecule has 1 aliphatic carbocycles. The van der Waals surface area contributed by atoms with Gasteiger partial charge in [0.15, 0.2) is 5.76 Å². The van der Waals surface area contributed by atoms with Gasteiger partial charge in [0.1, 0.15) is 6.07 Å². The van der Waals surface area contributed by atoms with Crippen molar-refractivity contribution in [2.45, 2.75) is 39.2 Å². The van der Waals surface area contributed by atoms with Crippen LogP contribution in [0.25, 0.3) is 0 Å². The van der Waals surface area contributed by atoms with Gasteiger partial charge in [0.25, 0.3) is 0 Å². The highest BCUT2D eigenvalue weighted by Gasteiger charge is 2.76. The Hall–Kier alpha value is -1.83. The summed E-state index contributed by atoms with van der Waals surface area (Å²) in [4.78, 5) is 24.1. The molecule has 1 heterocycles. The number of rotatable bonds is 2. The van der Waals surface area contributed by atoms with E-state index in [0.29, 0.717) is 12.8 Å². The lowest BCUT2D eigenvalue weighted by Gasteiger charge is -2.34. The SMILES string of the molecule is C=C(C#N)OC(=O)[C@]12CC[C@](C)(C(=O)O1)C2(C)C. The van der Waals surface area contributed by atoms with E-state index in [2.05, 4.69) is 6.58 Å². The summed E-state index contributed by atoms with van der Waals surface area (Å²) in [6, 6.07) is 1.64. The minimum atomic E-state index is -1.29. The average Bonchev–Trinajstić information content (AvgIpc) is 2.59. The Morgan fingerprint density at radius 1 is 1.44 bits per heavy atom. The molecule has 5 nitrogen and oxygen atoms in total. The number of nitriles is 1. The lowest BCUT2D eigenvalue weighted by Crippen LogP contribution is -2.48. The fourth-order valence-corrected chi connectivity index (χ4v) is 2.92. The molecule has 0 aromatic carbocycles. The first-order chi connectivity index (χ1) is 8.21. The van der Waals surface area contributed by atoms with Crippen LogP contribution < -0.4 is 0 Å². The Labute approximate surface area is 105 Å². The van der Waals surface area contributed by atoms with Crippen LogP contribution in [0, 0.1) is 22.2 Å². The molecule has 1 aliphatic heterocycles. The summed E-state index contributed by atoms with van der Waals surface area (Å²) < 4.78 is 10.2. The normalized spacial score (nSPS) is 35.8. The fraction of sp³-hybridized carbons (Fsp3) is 0.615. The van der Waals surface area contributed by atoms with E-state index >= 15 is 0 Å². The molecule has 5 heteroatoms. The molecule has 0 spiro atoms. The van der Waals surface area contributed by atoms with Crippen molar-refractivity contribution < 1.29 is 19.1 Å². The van der Waals surface area contributed by atoms with Crippen LogP contribution in [-0.2, 0) is 19.1 Å². The maximum Gasteiger partial charge on any atom is 0.357 e.